The van der Waals surface area contributed by atoms with Gasteiger partial charge in [-0.3, -0.25) is 4.79 Å². The number of anilines is 1. The minimum Gasteiger partial charge on any atom is -0.508 e. The number of phenolic OH excluding ortho intramolecular Hbond substituents is 1. The van der Waals surface area contributed by atoms with Crippen LogP contribution >= 0.6 is 15.9 Å². The van der Waals surface area contributed by atoms with E-state index in [1.54, 1.807) is 25.1 Å². The molecule has 0 aliphatic heterocycles. The zero-order valence-corrected chi connectivity index (χ0v) is 12.3. The molecule has 1 amide bonds. The molecule has 0 radical (unpaired) electrons. The summed E-state index contributed by atoms with van der Waals surface area (Å²) in [6.07, 6.45) is 0. The number of aryl methyl sites for hydroxylation is 1. The van der Waals surface area contributed by atoms with Crippen molar-refractivity contribution in [2.45, 2.75) is 13.8 Å². The van der Waals surface area contributed by atoms with Crippen molar-refractivity contribution in [2.24, 2.45) is 0 Å². The second-order valence-electron chi connectivity index (χ2n) is 4.39. The third-order valence-corrected chi connectivity index (χ3v) is 3.61. The zero-order valence-electron chi connectivity index (χ0n) is 10.7. The molecule has 3 nitrogen and oxygen atoms in total. The van der Waals surface area contributed by atoms with Crippen LogP contribution in [0.25, 0.3) is 0 Å². The highest BCUT2D eigenvalue weighted by Gasteiger charge is 2.12. The van der Waals surface area contributed by atoms with Crippen molar-refractivity contribution >= 4 is 27.5 Å². The average Bonchev–Trinajstić information content (AvgIpc) is 2.38. The van der Waals surface area contributed by atoms with E-state index in [4.69, 9.17) is 0 Å². The molecule has 0 saturated heterocycles. The van der Waals surface area contributed by atoms with Crippen molar-refractivity contribution in [3.8, 4) is 5.75 Å². The number of carbonyl (C=O) groups is 1. The molecule has 0 heterocycles. The highest BCUT2D eigenvalue weighted by Crippen LogP contribution is 2.25. The lowest BCUT2D eigenvalue weighted by Crippen LogP contribution is -2.13. The first-order valence-corrected chi connectivity index (χ1v) is 6.64. The molecule has 98 valence electrons. The number of aromatic hydroxyl groups is 1. The Balaban J connectivity index is 2.31. The maximum absolute atomic E-state index is 12.2. The third kappa shape index (κ3) is 2.96. The van der Waals surface area contributed by atoms with Crippen molar-refractivity contribution in [2.75, 3.05) is 5.32 Å². The second kappa shape index (κ2) is 5.45. The summed E-state index contributed by atoms with van der Waals surface area (Å²) in [5.74, 6) is -0.0367. The van der Waals surface area contributed by atoms with Crippen molar-refractivity contribution in [3.63, 3.8) is 0 Å². The molecule has 4 heteroatoms. The highest BCUT2D eigenvalue weighted by atomic mass is 79.9. The third-order valence-electron chi connectivity index (χ3n) is 2.92. The molecule has 2 rings (SSSR count). The number of halogens is 1. The standard InChI is InChI=1S/C15H14BrNO2/c1-9-6-7-12(16)11(8-9)15(19)17-13-4-3-5-14(18)10(13)2/h3-8,18H,1-2H3,(H,17,19). The van der Waals surface area contributed by atoms with Gasteiger partial charge in [0.15, 0.2) is 0 Å². The molecule has 0 aromatic heterocycles. The normalized spacial score (nSPS) is 10.3. The summed E-state index contributed by atoms with van der Waals surface area (Å²) in [7, 11) is 0. The summed E-state index contributed by atoms with van der Waals surface area (Å²) in [5.41, 5.74) is 2.85. The monoisotopic (exact) mass is 319 g/mol. The van der Waals surface area contributed by atoms with Gasteiger partial charge in [0, 0.05) is 15.7 Å². The Morgan fingerprint density at radius 3 is 2.68 bits per heavy atom. The number of hydrogen-bond donors (Lipinski definition) is 2. The van der Waals surface area contributed by atoms with Gasteiger partial charge in [0.1, 0.15) is 5.75 Å². The summed E-state index contributed by atoms with van der Waals surface area (Å²) in [6.45, 7) is 3.69. The molecule has 2 aromatic rings. The van der Waals surface area contributed by atoms with E-state index in [-0.39, 0.29) is 11.7 Å². The fourth-order valence-electron chi connectivity index (χ4n) is 1.76. The van der Waals surface area contributed by atoms with Crippen LogP contribution in [0.4, 0.5) is 5.69 Å². The summed E-state index contributed by atoms with van der Waals surface area (Å²) in [5, 5.41) is 12.4. The molecule has 0 saturated carbocycles. The van der Waals surface area contributed by atoms with E-state index in [9.17, 15) is 9.90 Å². The van der Waals surface area contributed by atoms with Crippen LogP contribution in [0.5, 0.6) is 5.75 Å². The van der Waals surface area contributed by atoms with Gasteiger partial charge in [-0.1, -0.05) is 17.7 Å². The predicted molar refractivity (Wildman–Crippen MR) is 79.7 cm³/mol. The quantitative estimate of drug-likeness (QED) is 0.878. The van der Waals surface area contributed by atoms with Crippen LogP contribution in [0.1, 0.15) is 21.5 Å². The molecule has 0 fully saturated rings. The summed E-state index contributed by atoms with van der Waals surface area (Å²) < 4.78 is 0.744. The topological polar surface area (TPSA) is 49.3 Å². The van der Waals surface area contributed by atoms with Crippen LogP contribution in [0, 0.1) is 13.8 Å². The lowest BCUT2D eigenvalue weighted by Gasteiger charge is -2.11. The van der Waals surface area contributed by atoms with Crippen molar-refractivity contribution in [1.29, 1.82) is 0 Å². The van der Waals surface area contributed by atoms with E-state index in [2.05, 4.69) is 21.2 Å². The number of rotatable bonds is 2. The first-order valence-electron chi connectivity index (χ1n) is 5.85. The molecular formula is C15H14BrNO2. The number of phenols is 1. The Labute approximate surface area is 120 Å². The van der Waals surface area contributed by atoms with E-state index in [1.165, 1.54) is 0 Å². The number of hydrogen-bond acceptors (Lipinski definition) is 2. The smallest absolute Gasteiger partial charge is 0.256 e. The zero-order chi connectivity index (χ0) is 14.0. The van der Waals surface area contributed by atoms with Gasteiger partial charge in [0.05, 0.1) is 5.56 Å². The summed E-state index contributed by atoms with van der Waals surface area (Å²) >= 11 is 3.37. The van der Waals surface area contributed by atoms with Gasteiger partial charge in [0.2, 0.25) is 0 Å². The van der Waals surface area contributed by atoms with Crippen molar-refractivity contribution < 1.29 is 9.90 Å². The molecular weight excluding hydrogens is 306 g/mol. The number of benzene rings is 2. The predicted octanol–water partition coefficient (Wildman–Crippen LogP) is 4.02. The Morgan fingerprint density at radius 2 is 1.95 bits per heavy atom. The highest BCUT2D eigenvalue weighted by molar-refractivity contribution is 9.10. The average molecular weight is 320 g/mol. The number of nitrogens with one attached hydrogen (secondary N) is 1. The molecule has 0 unspecified atom stereocenters. The molecule has 19 heavy (non-hydrogen) atoms. The van der Waals surface area contributed by atoms with Crippen LogP contribution in [0.2, 0.25) is 0 Å². The van der Waals surface area contributed by atoms with E-state index in [1.807, 2.05) is 25.1 Å². The lowest BCUT2D eigenvalue weighted by molar-refractivity contribution is 0.102. The molecule has 0 spiro atoms. The molecule has 0 atom stereocenters. The van der Waals surface area contributed by atoms with E-state index in [0.717, 1.165) is 10.0 Å². The fraction of sp³-hybridized carbons (Fsp3) is 0.133. The van der Waals surface area contributed by atoms with Gasteiger partial charge in [-0.2, -0.15) is 0 Å². The molecule has 0 aliphatic rings. The Morgan fingerprint density at radius 1 is 1.21 bits per heavy atom. The molecule has 0 bridgehead atoms. The van der Waals surface area contributed by atoms with Gasteiger partial charge in [-0.15, -0.1) is 0 Å². The van der Waals surface area contributed by atoms with Crippen LogP contribution < -0.4 is 5.32 Å². The largest absolute Gasteiger partial charge is 0.508 e. The molecule has 0 aliphatic carbocycles. The van der Waals surface area contributed by atoms with Crippen LogP contribution in [0.3, 0.4) is 0 Å². The Kier molecular flexibility index (Phi) is 3.90. The number of amides is 1. The van der Waals surface area contributed by atoms with E-state index in [0.29, 0.717) is 16.8 Å². The number of carbonyl (C=O) groups excluding carboxylic acids is 1. The lowest BCUT2D eigenvalue weighted by atomic mass is 10.1. The van der Waals surface area contributed by atoms with Gasteiger partial charge in [-0.25, -0.2) is 0 Å². The Hall–Kier alpha value is -1.81. The maximum Gasteiger partial charge on any atom is 0.256 e. The minimum atomic E-state index is -0.204. The fourth-order valence-corrected chi connectivity index (χ4v) is 2.19. The van der Waals surface area contributed by atoms with Gasteiger partial charge in [0.25, 0.3) is 5.91 Å². The van der Waals surface area contributed by atoms with Crippen LogP contribution in [-0.4, -0.2) is 11.0 Å². The summed E-state index contributed by atoms with van der Waals surface area (Å²) in [4.78, 5) is 12.2. The van der Waals surface area contributed by atoms with Crippen LogP contribution in [0.15, 0.2) is 40.9 Å². The van der Waals surface area contributed by atoms with E-state index >= 15 is 0 Å². The minimum absolute atomic E-state index is 0.168. The first-order chi connectivity index (χ1) is 8.99. The first kappa shape index (κ1) is 13.6. The van der Waals surface area contributed by atoms with Gasteiger partial charge >= 0.3 is 0 Å². The van der Waals surface area contributed by atoms with Gasteiger partial charge in [-0.05, 0) is 54.0 Å². The Bertz CT molecular complexity index is 638. The van der Waals surface area contributed by atoms with Gasteiger partial charge < -0.3 is 10.4 Å². The maximum atomic E-state index is 12.2. The second-order valence-corrected chi connectivity index (χ2v) is 5.24. The molecule has 2 N–H and O–H groups in total. The molecule has 2 aromatic carbocycles. The van der Waals surface area contributed by atoms with Crippen LogP contribution in [-0.2, 0) is 0 Å². The van der Waals surface area contributed by atoms with Crippen molar-refractivity contribution in [1.82, 2.24) is 0 Å². The SMILES string of the molecule is Cc1ccc(Br)c(C(=O)Nc2cccc(O)c2C)c1. The van der Waals surface area contributed by atoms with E-state index < -0.39 is 0 Å². The summed E-state index contributed by atoms with van der Waals surface area (Å²) in [6, 6.07) is 10.6. The van der Waals surface area contributed by atoms with Crippen molar-refractivity contribution in [3.05, 3.63) is 57.6 Å².